The van der Waals surface area contributed by atoms with Crippen LogP contribution in [-0.2, 0) is 18.5 Å². The molecule has 0 atom stereocenters. The highest BCUT2D eigenvalue weighted by molar-refractivity contribution is 5.37. The zero-order chi connectivity index (χ0) is 23.0. The van der Waals surface area contributed by atoms with Gasteiger partial charge in [-0.05, 0) is 57.4 Å². The zero-order valence-corrected chi connectivity index (χ0v) is 20.2. The summed E-state index contributed by atoms with van der Waals surface area (Å²) in [6, 6.07) is 10.7. The molecule has 0 aliphatic carbocycles. The number of fused-ring (bicyclic) bond motifs is 2. The fraction of sp³-hybridized carbons (Fsp3) is 0.500. The van der Waals surface area contributed by atoms with Crippen LogP contribution in [0.1, 0.15) is 55.5 Å². The number of ether oxygens (including phenoxy) is 1. The van der Waals surface area contributed by atoms with Gasteiger partial charge in [-0.1, -0.05) is 12.1 Å². The van der Waals surface area contributed by atoms with Gasteiger partial charge in [0.05, 0.1) is 18.5 Å². The normalized spacial score (nSPS) is 18.0. The summed E-state index contributed by atoms with van der Waals surface area (Å²) in [5.74, 6) is 2.88. The first kappa shape index (κ1) is 21.9. The lowest BCUT2D eigenvalue weighted by atomic mass is 9.72. The number of hydrogen-bond acceptors (Lipinski definition) is 6. The molecule has 1 fully saturated rings. The van der Waals surface area contributed by atoms with E-state index in [1.165, 1.54) is 17.0 Å². The number of rotatable bonds is 5. The highest BCUT2D eigenvalue weighted by atomic mass is 16.5. The summed E-state index contributed by atoms with van der Waals surface area (Å²) in [4.78, 5) is 19.1. The van der Waals surface area contributed by atoms with E-state index in [0.717, 1.165) is 63.1 Å². The molecule has 1 saturated heterocycles. The Morgan fingerprint density at radius 3 is 2.55 bits per heavy atom. The quantitative estimate of drug-likeness (QED) is 0.588. The Labute approximate surface area is 196 Å². The minimum atomic E-state index is 0.0582. The lowest BCUT2D eigenvalue weighted by molar-refractivity contribution is 0.138. The van der Waals surface area contributed by atoms with Crippen molar-refractivity contribution in [1.29, 1.82) is 0 Å². The number of anilines is 1. The molecule has 7 heteroatoms. The summed E-state index contributed by atoms with van der Waals surface area (Å²) in [5.41, 5.74) is 4.06. The fourth-order valence-electron chi connectivity index (χ4n) is 5.75. The Bertz CT molecular complexity index is 1100. The fourth-order valence-corrected chi connectivity index (χ4v) is 5.75. The number of imidazole rings is 1. The number of benzene rings is 1. The van der Waals surface area contributed by atoms with Crippen LogP contribution in [0, 0.1) is 6.92 Å². The molecule has 0 radical (unpaired) electrons. The molecular weight excluding hydrogens is 412 g/mol. The molecule has 0 N–H and O–H groups in total. The Hall–Kier alpha value is -2.93. The van der Waals surface area contributed by atoms with Crippen molar-refractivity contribution >= 4 is 5.95 Å². The van der Waals surface area contributed by atoms with Gasteiger partial charge in [0, 0.05) is 56.6 Å². The molecule has 2 aromatic heterocycles. The van der Waals surface area contributed by atoms with Gasteiger partial charge in [-0.15, -0.1) is 0 Å². The third kappa shape index (κ3) is 4.10. The number of aryl methyl sites for hydroxylation is 1. The molecular formula is C26H34N6O. The molecule has 33 heavy (non-hydrogen) atoms. The van der Waals surface area contributed by atoms with Gasteiger partial charge in [-0.2, -0.15) is 0 Å². The largest absolute Gasteiger partial charge is 0.497 e. The molecule has 2 aliphatic rings. The van der Waals surface area contributed by atoms with Crippen LogP contribution in [0.25, 0.3) is 0 Å². The molecule has 3 aromatic rings. The van der Waals surface area contributed by atoms with Crippen LogP contribution < -0.4 is 9.64 Å². The summed E-state index contributed by atoms with van der Waals surface area (Å²) in [6.07, 6.45) is 5.77. The summed E-state index contributed by atoms with van der Waals surface area (Å²) in [6.45, 7) is 11.4. The smallest absolute Gasteiger partial charge is 0.225 e. The van der Waals surface area contributed by atoms with Gasteiger partial charge in [0.25, 0.3) is 0 Å². The topological polar surface area (TPSA) is 59.3 Å². The molecule has 4 heterocycles. The number of methoxy groups -OCH3 is 1. The van der Waals surface area contributed by atoms with E-state index in [0.29, 0.717) is 6.04 Å². The van der Waals surface area contributed by atoms with E-state index in [2.05, 4.69) is 63.3 Å². The van der Waals surface area contributed by atoms with Crippen molar-refractivity contribution < 1.29 is 4.74 Å². The van der Waals surface area contributed by atoms with Gasteiger partial charge >= 0.3 is 0 Å². The Kier molecular flexibility index (Phi) is 5.83. The lowest BCUT2D eigenvalue weighted by Crippen LogP contribution is -2.52. The molecule has 1 spiro atoms. The van der Waals surface area contributed by atoms with Crippen LogP contribution in [0.4, 0.5) is 5.95 Å². The lowest BCUT2D eigenvalue weighted by Gasteiger charge is -2.47. The highest BCUT2D eigenvalue weighted by Gasteiger charge is 2.45. The third-order valence-electron chi connectivity index (χ3n) is 7.20. The summed E-state index contributed by atoms with van der Waals surface area (Å²) in [7, 11) is 1.73. The predicted molar refractivity (Wildman–Crippen MR) is 130 cm³/mol. The molecule has 2 aliphatic heterocycles. The summed E-state index contributed by atoms with van der Waals surface area (Å²) in [5, 5.41) is 0. The number of hydrogen-bond donors (Lipinski definition) is 0. The second-order valence-electron chi connectivity index (χ2n) is 9.73. The van der Waals surface area contributed by atoms with E-state index in [9.17, 15) is 0 Å². The van der Waals surface area contributed by atoms with Crippen molar-refractivity contribution in [2.45, 2.75) is 58.2 Å². The molecule has 174 valence electrons. The zero-order valence-electron chi connectivity index (χ0n) is 20.2. The van der Waals surface area contributed by atoms with Crippen LogP contribution in [-0.4, -0.2) is 51.2 Å². The standard InChI is InChI=1S/C26H34N6O/c1-19(2)32-20(3)29-24-23(32)17-30(16-21-7-5-8-22(15-21)33-4)18-26(24)9-13-31(14-10-26)25-27-11-6-12-28-25/h5-8,11-12,15,19H,9-10,13-14,16-18H2,1-4H3. The van der Waals surface area contributed by atoms with E-state index in [1.54, 1.807) is 7.11 Å². The number of piperidine rings is 1. The predicted octanol–water partition coefficient (Wildman–Crippen LogP) is 4.13. The van der Waals surface area contributed by atoms with Gasteiger partial charge in [-0.25, -0.2) is 15.0 Å². The van der Waals surface area contributed by atoms with E-state index in [1.807, 2.05) is 24.5 Å². The summed E-state index contributed by atoms with van der Waals surface area (Å²) < 4.78 is 7.91. The molecule has 0 saturated carbocycles. The second kappa shape index (κ2) is 8.78. The maximum atomic E-state index is 5.47. The minimum Gasteiger partial charge on any atom is -0.497 e. The van der Waals surface area contributed by atoms with Gasteiger partial charge in [0.2, 0.25) is 5.95 Å². The minimum absolute atomic E-state index is 0.0582. The average Bonchev–Trinajstić information content (AvgIpc) is 3.17. The molecule has 0 unspecified atom stereocenters. The monoisotopic (exact) mass is 446 g/mol. The first-order valence-electron chi connectivity index (χ1n) is 11.9. The molecule has 0 bridgehead atoms. The number of nitrogens with zero attached hydrogens (tertiary/aromatic N) is 6. The molecule has 1 aromatic carbocycles. The third-order valence-corrected chi connectivity index (χ3v) is 7.20. The van der Waals surface area contributed by atoms with Crippen LogP contribution in [0.15, 0.2) is 42.7 Å². The maximum absolute atomic E-state index is 5.47. The SMILES string of the molecule is COc1cccc(CN2Cc3c(nc(C)n3C(C)C)C3(CCN(c4ncccn4)CC3)C2)c1. The molecule has 7 nitrogen and oxygen atoms in total. The van der Waals surface area contributed by atoms with Crippen molar-refractivity contribution in [3.05, 3.63) is 65.5 Å². The first-order chi connectivity index (χ1) is 16.0. The second-order valence-corrected chi connectivity index (χ2v) is 9.73. The van der Waals surface area contributed by atoms with E-state index >= 15 is 0 Å². The van der Waals surface area contributed by atoms with Crippen LogP contribution in [0.2, 0.25) is 0 Å². The van der Waals surface area contributed by atoms with E-state index in [4.69, 9.17) is 9.72 Å². The van der Waals surface area contributed by atoms with Crippen LogP contribution in [0.5, 0.6) is 5.75 Å². The van der Waals surface area contributed by atoms with Crippen molar-refractivity contribution in [1.82, 2.24) is 24.4 Å². The van der Waals surface area contributed by atoms with E-state index < -0.39 is 0 Å². The van der Waals surface area contributed by atoms with Gasteiger partial charge < -0.3 is 14.2 Å². The van der Waals surface area contributed by atoms with Gasteiger partial charge in [-0.3, -0.25) is 4.90 Å². The first-order valence-corrected chi connectivity index (χ1v) is 11.9. The Morgan fingerprint density at radius 2 is 1.85 bits per heavy atom. The molecule has 5 rings (SSSR count). The van der Waals surface area contributed by atoms with Crippen molar-refractivity contribution in [3.63, 3.8) is 0 Å². The maximum Gasteiger partial charge on any atom is 0.225 e. The number of aromatic nitrogens is 4. The van der Waals surface area contributed by atoms with Crippen molar-refractivity contribution in [2.24, 2.45) is 0 Å². The van der Waals surface area contributed by atoms with E-state index in [-0.39, 0.29) is 5.41 Å². The summed E-state index contributed by atoms with van der Waals surface area (Å²) >= 11 is 0. The Balaban J connectivity index is 1.46. The van der Waals surface area contributed by atoms with Crippen LogP contribution >= 0.6 is 0 Å². The van der Waals surface area contributed by atoms with Crippen molar-refractivity contribution in [2.75, 3.05) is 31.6 Å². The Morgan fingerprint density at radius 1 is 1.09 bits per heavy atom. The van der Waals surface area contributed by atoms with Gasteiger partial charge in [0.15, 0.2) is 0 Å². The van der Waals surface area contributed by atoms with Crippen molar-refractivity contribution in [3.8, 4) is 5.75 Å². The molecule has 0 amide bonds. The van der Waals surface area contributed by atoms with Crippen LogP contribution in [0.3, 0.4) is 0 Å². The highest BCUT2D eigenvalue weighted by Crippen LogP contribution is 2.43. The van der Waals surface area contributed by atoms with Gasteiger partial charge in [0.1, 0.15) is 11.6 Å². The average molecular weight is 447 g/mol.